The summed E-state index contributed by atoms with van der Waals surface area (Å²) in [6.07, 6.45) is 2.40. The molecule has 0 N–H and O–H groups in total. The second-order valence-electron chi connectivity index (χ2n) is 9.03. The maximum absolute atomic E-state index is 12.2. The van der Waals surface area contributed by atoms with E-state index in [4.69, 9.17) is 18.9 Å². The van der Waals surface area contributed by atoms with Gasteiger partial charge in [-0.2, -0.15) is 0 Å². The monoisotopic (exact) mass is 514 g/mol. The fraction of sp³-hybridized carbons (Fsp3) is 0.303. The Bertz CT molecular complexity index is 1080. The zero-order chi connectivity index (χ0) is 27.0. The van der Waals surface area contributed by atoms with E-state index < -0.39 is 24.4 Å². The Morgan fingerprint density at radius 3 is 1.58 bits per heavy atom. The Labute approximate surface area is 226 Å². The zero-order valence-corrected chi connectivity index (χ0v) is 22.1. The average molecular weight is 515 g/mol. The number of carbonyl (C=O) groups is 1. The second-order valence-corrected chi connectivity index (χ2v) is 9.03. The molecule has 3 aromatic carbocycles. The van der Waals surface area contributed by atoms with Crippen LogP contribution in [0.5, 0.6) is 0 Å². The van der Waals surface area contributed by atoms with Gasteiger partial charge < -0.3 is 18.9 Å². The predicted octanol–water partition coefficient (Wildman–Crippen LogP) is 6.83. The number of carbonyl (C=O) groups excluding carboxylic acids is 1. The first kappa shape index (κ1) is 29.1. The Kier molecular flexibility index (Phi) is 12.5. The van der Waals surface area contributed by atoms with Crippen LogP contribution in [-0.2, 0) is 43.6 Å². The van der Waals surface area contributed by atoms with Crippen molar-refractivity contribution in [3.8, 4) is 0 Å². The summed E-state index contributed by atoms with van der Waals surface area (Å²) in [7, 11) is 0. The van der Waals surface area contributed by atoms with Gasteiger partial charge in [0.2, 0.25) is 0 Å². The third-order valence-electron chi connectivity index (χ3n) is 6.07. The molecule has 3 rings (SSSR count). The van der Waals surface area contributed by atoms with Gasteiger partial charge in [0.15, 0.2) is 0 Å². The van der Waals surface area contributed by atoms with E-state index in [9.17, 15) is 4.79 Å². The standard InChI is InChI=1S/C33H38O5/c1-4-6-22-31(38-26(3)34)33(37-25-29-20-14-9-15-21-29)32(36-24-28-18-12-8-13-19-28)30(5-2)35-23-27-16-10-7-11-17-27/h4-5,7-21,30-33H,1-2,6,22-25H2,3H3/t30-,31+,32+,33+/m1/s1. The van der Waals surface area contributed by atoms with Crippen LogP contribution in [-0.4, -0.2) is 30.4 Å². The van der Waals surface area contributed by atoms with Crippen LogP contribution in [0, 0.1) is 0 Å². The molecular weight excluding hydrogens is 476 g/mol. The Balaban J connectivity index is 1.92. The summed E-state index contributed by atoms with van der Waals surface area (Å²) in [6, 6.07) is 29.8. The van der Waals surface area contributed by atoms with E-state index in [1.165, 1.54) is 6.92 Å². The average Bonchev–Trinajstić information content (AvgIpc) is 2.95. The summed E-state index contributed by atoms with van der Waals surface area (Å²) in [5.41, 5.74) is 3.05. The minimum Gasteiger partial charge on any atom is -0.460 e. The Hall–Kier alpha value is -3.51. The molecule has 0 heterocycles. The van der Waals surface area contributed by atoms with Crippen molar-refractivity contribution in [1.29, 1.82) is 0 Å². The molecule has 0 aliphatic heterocycles. The number of ether oxygens (including phenoxy) is 4. The molecule has 0 radical (unpaired) electrons. The third kappa shape index (κ3) is 9.75. The summed E-state index contributed by atoms with van der Waals surface area (Å²) in [6.45, 7) is 10.3. The molecule has 5 heteroatoms. The molecule has 0 aliphatic carbocycles. The molecule has 0 aliphatic rings. The van der Waals surface area contributed by atoms with Crippen molar-refractivity contribution in [3.63, 3.8) is 0 Å². The molecule has 0 saturated heterocycles. The van der Waals surface area contributed by atoms with E-state index in [0.717, 1.165) is 16.7 Å². The molecule has 3 aromatic rings. The van der Waals surface area contributed by atoms with Crippen molar-refractivity contribution < 1.29 is 23.7 Å². The fourth-order valence-electron chi connectivity index (χ4n) is 4.17. The molecule has 200 valence electrons. The normalized spacial score (nSPS) is 14.1. The summed E-state index contributed by atoms with van der Waals surface area (Å²) in [5.74, 6) is -0.380. The van der Waals surface area contributed by atoms with Gasteiger partial charge in [-0.3, -0.25) is 4.79 Å². The first-order valence-corrected chi connectivity index (χ1v) is 13.0. The first-order valence-electron chi connectivity index (χ1n) is 13.0. The van der Waals surface area contributed by atoms with Gasteiger partial charge >= 0.3 is 5.97 Å². The van der Waals surface area contributed by atoms with Crippen LogP contribution < -0.4 is 0 Å². The van der Waals surface area contributed by atoms with Crippen LogP contribution in [0.2, 0.25) is 0 Å². The highest BCUT2D eigenvalue weighted by Crippen LogP contribution is 2.25. The lowest BCUT2D eigenvalue weighted by atomic mass is 9.98. The van der Waals surface area contributed by atoms with E-state index >= 15 is 0 Å². The van der Waals surface area contributed by atoms with E-state index in [1.54, 1.807) is 6.08 Å². The second kappa shape index (κ2) is 16.4. The van der Waals surface area contributed by atoms with Crippen LogP contribution in [0.25, 0.3) is 0 Å². The maximum Gasteiger partial charge on any atom is 0.302 e. The molecule has 0 fully saturated rings. The Morgan fingerprint density at radius 1 is 0.711 bits per heavy atom. The molecule has 0 saturated carbocycles. The van der Waals surface area contributed by atoms with Gasteiger partial charge in [0.1, 0.15) is 24.4 Å². The quantitative estimate of drug-likeness (QED) is 0.146. The van der Waals surface area contributed by atoms with Crippen molar-refractivity contribution in [2.24, 2.45) is 0 Å². The number of esters is 1. The van der Waals surface area contributed by atoms with E-state index in [0.29, 0.717) is 32.7 Å². The number of allylic oxidation sites excluding steroid dienone is 1. The summed E-state index contributed by atoms with van der Waals surface area (Å²) >= 11 is 0. The van der Waals surface area contributed by atoms with Gasteiger partial charge in [0, 0.05) is 6.92 Å². The summed E-state index contributed by atoms with van der Waals surface area (Å²) in [5, 5.41) is 0. The van der Waals surface area contributed by atoms with Gasteiger partial charge in [-0.25, -0.2) is 0 Å². The lowest BCUT2D eigenvalue weighted by molar-refractivity contribution is -0.187. The molecule has 5 nitrogen and oxygen atoms in total. The Morgan fingerprint density at radius 2 is 1.16 bits per heavy atom. The van der Waals surface area contributed by atoms with Crippen LogP contribution in [0.4, 0.5) is 0 Å². The van der Waals surface area contributed by atoms with Crippen LogP contribution in [0.3, 0.4) is 0 Å². The van der Waals surface area contributed by atoms with Gasteiger partial charge in [0.05, 0.1) is 19.8 Å². The molecule has 4 atom stereocenters. The molecule has 0 unspecified atom stereocenters. The van der Waals surface area contributed by atoms with Crippen molar-refractivity contribution in [1.82, 2.24) is 0 Å². The van der Waals surface area contributed by atoms with Gasteiger partial charge in [-0.05, 0) is 29.5 Å². The van der Waals surface area contributed by atoms with Gasteiger partial charge in [-0.1, -0.05) is 103 Å². The highest BCUT2D eigenvalue weighted by Gasteiger charge is 2.38. The molecule has 0 aromatic heterocycles. The summed E-state index contributed by atoms with van der Waals surface area (Å²) in [4.78, 5) is 12.2. The van der Waals surface area contributed by atoms with Crippen molar-refractivity contribution in [2.75, 3.05) is 0 Å². The predicted molar refractivity (Wildman–Crippen MR) is 150 cm³/mol. The van der Waals surface area contributed by atoms with Gasteiger partial charge in [-0.15, -0.1) is 13.2 Å². The number of hydrogen-bond donors (Lipinski definition) is 0. The van der Waals surface area contributed by atoms with Crippen molar-refractivity contribution in [3.05, 3.63) is 133 Å². The van der Waals surface area contributed by atoms with E-state index in [-0.39, 0.29) is 5.97 Å². The molecule has 0 spiro atoms. The topological polar surface area (TPSA) is 54.0 Å². The number of hydrogen-bond acceptors (Lipinski definition) is 5. The van der Waals surface area contributed by atoms with Crippen LogP contribution in [0.15, 0.2) is 116 Å². The molecule has 0 bridgehead atoms. The zero-order valence-electron chi connectivity index (χ0n) is 22.1. The van der Waals surface area contributed by atoms with E-state index in [1.807, 2.05) is 97.1 Å². The lowest BCUT2D eigenvalue weighted by Gasteiger charge is -2.36. The van der Waals surface area contributed by atoms with Crippen LogP contribution >= 0.6 is 0 Å². The van der Waals surface area contributed by atoms with Crippen LogP contribution in [0.1, 0.15) is 36.5 Å². The molecular formula is C33H38O5. The summed E-state index contributed by atoms with van der Waals surface area (Å²) < 4.78 is 25.2. The first-order chi connectivity index (χ1) is 18.6. The SMILES string of the molecule is C=CCC[C@H](OC(C)=O)[C@H](OCc1ccccc1)[C@@H](OCc1ccccc1)[C@@H](C=C)OCc1ccccc1. The maximum atomic E-state index is 12.2. The highest BCUT2D eigenvalue weighted by molar-refractivity contribution is 5.66. The minimum absolute atomic E-state index is 0.325. The highest BCUT2D eigenvalue weighted by atomic mass is 16.6. The van der Waals surface area contributed by atoms with Gasteiger partial charge in [0.25, 0.3) is 0 Å². The minimum atomic E-state index is -0.624. The lowest BCUT2D eigenvalue weighted by Crippen LogP contribution is -2.49. The van der Waals surface area contributed by atoms with E-state index in [2.05, 4.69) is 13.2 Å². The van der Waals surface area contributed by atoms with Crippen molar-refractivity contribution in [2.45, 2.75) is 64.0 Å². The van der Waals surface area contributed by atoms with Crippen molar-refractivity contribution >= 4 is 5.97 Å². The molecule has 38 heavy (non-hydrogen) atoms. The molecule has 0 amide bonds. The largest absolute Gasteiger partial charge is 0.460 e. The number of rotatable bonds is 17. The third-order valence-corrected chi connectivity index (χ3v) is 6.07. The smallest absolute Gasteiger partial charge is 0.302 e. The fourth-order valence-corrected chi connectivity index (χ4v) is 4.17. The number of benzene rings is 3.